The minimum absolute atomic E-state index is 0.294. The van der Waals surface area contributed by atoms with Gasteiger partial charge in [0.15, 0.2) is 0 Å². The van der Waals surface area contributed by atoms with Crippen LogP contribution in [0.5, 0.6) is 0 Å². The van der Waals surface area contributed by atoms with E-state index in [-0.39, 0.29) is 0 Å². The number of hydrogen-bond acceptors (Lipinski definition) is 4. The molecule has 1 fully saturated rings. The normalized spacial score (nSPS) is 21.3. The molecule has 2 rings (SSSR count). The van der Waals surface area contributed by atoms with Gasteiger partial charge in [-0.15, -0.1) is 0 Å². The molecule has 0 aliphatic carbocycles. The van der Waals surface area contributed by atoms with E-state index in [0.29, 0.717) is 12.0 Å². The molecule has 1 aliphatic rings. The summed E-state index contributed by atoms with van der Waals surface area (Å²) in [6.45, 7) is 6.20. The molecule has 1 aromatic rings. The van der Waals surface area contributed by atoms with Gasteiger partial charge in [-0.05, 0) is 12.3 Å². The van der Waals surface area contributed by atoms with Crippen molar-refractivity contribution >= 4 is 5.82 Å². The van der Waals surface area contributed by atoms with Crippen molar-refractivity contribution in [3.63, 3.8) is 0 Å². The molecule has 1 unspecified atom stereocenters. The Kier molecular flexibility index (Phi) is 2.86. The Morgan fingerprint density at radius 2 is 2.27 bits per heavy atom. The van der Waals surface area contributed by atoms with Crippen LogP contribution >= 0.6 is 0 Å². The molecule has 4 nitrogen and oxygen atoms in total. The highest BCUT2D eigenvalue weighted by molar-refractivity contribution is 5.41. The van der Waals surface area contributed by atoms with Gasteiger partial charge in [0.1, 0.15) is 12.1 Å². The number of anilines is 1. The van der Waals surface area contributed by atoms with E-state index in [9.17, 15) is 0 Å². The number of nitrogens with two attached hydrogens (primary N) is 1. The maximum atomic E-state index is 5.88. The first-order valence-corrected chi connectivity index (χ1v) is 5.49. The van der Waals surface area contributed by atoms with Gasteiger partial charge in [-0.3, -0.25) is 0 Å². The van der Waals surface area contributed by atoms with Crippen molar-refractivity contribution < 1.29 is 0 Å². The largest absolute Gasteiger partial charge is 0.355 e. The zero-order chi connectivity index (χ0) is 10.8. The van der Waals surface area contributed by atoms with Gasteiger partial charge in [-0.25, -0.2) is 9.97 Å². The van der Waals surface area contributed by atoms with Crippen LogP contribution in [0.3, 0.4) is 0 Å². The lowest BCUT2D eigenvalue weighted by Crippen LogP contribution is -2.27. The zero-order valence-electron chi connectivity index (χ0n) is 9.35. The lowest BCUT2D eigenvalue weighted by molar-refractivity contribution is 0.750. The molecule has 1 aliphatic heterocycles. The summed E-state index contributed by atoms with van der Waals surface area (Å²) in [7, 11) is 0. The lowest BCUT2D eigenvalue weighted by atomic mass is 10.1. The summed E-state index contributed by atoms with van der Waals surface area (Å²) in [5, 5.41) is 0. The maximum Gasteiger partial charge on any atom is 0.132 e. The van der Waals surface area contributed by atoms with Crippen molar-refractivity contribution in [2.45, 2.75) is 32.2 Å². The number of aromatic nitrogens is 2. The third-order valence-electron chi connectivity index (χ3n) is 2.81. The molecule has 0 spiro atoms. The second kappa shape index (κ2) is 4.14. The molecule has 15 heavy (non-hydrogen) atoms. The Hall–Kier alpha value is -1.16. The molecule has 1 aromatic heterocycles. The van der Waals surface area contributed by atoms with E-state index in [1.54, 1.807) is 6.33 Å². The number of nitrogens with zero attached hydrogens (tertiary/aromatic N) is 3. The topological polar surface area (TPSA) is 55.0 Å². The van der Waals surface area contributed by atoms with Gasteiger partial charge in [0.2, 0.25) is 0 Å². The molecule has 0 aromatic carbocycles. The Balaban J connectivity index is 2.18. The monoisotopic (exact) mass is 206 g/mol. The quantitative estimate of drug-likeness (QED) is 0.788. The highest BCUT2D eigenvalue weighted by Gasteiger charge is 2.20. The fourth-order valence-electron chi connectivity index (χ4n) is 1.85. The van der Waals surface area contributed by atoms with Gasteiger partial charge in [0.05, 0.1) is 0 Å². The number of hydrogen-bond donors (Lipinski definition) is 1. The maximum absolute atomic E-state index is 5.88. The summed E-state index contributed by atoms with van der Waals surface area (Å²) in [6.07, 6.45) is 2.70. The van der Waals surface area contributed by atoms with E-state index < -0.39 is 0 Å². The molecular weight excluding hydrogens is 188 g/mol. The molecule has 2 N–H and O–H groups in total. The highest BCUT2D eigenvalue weighted by atomic mass is 15.2. The number of rotatable bonds is 2. The van der Waals surface area contributed by atoms with Gasteiger partial charge in [-0.2, -0.15) is 0 Å². The summed E-state index contributed by atoms with van der Waals surface area (Å²) >= 11 is 0. The SMILES string of the molecule is CC(C)c1cc(N2CCC(N)C2)ncn1. The zero-order valence-corrected chi connectivity index (χ0v) is 9.35. The molecule has 0 bridgehead atoms. The summed E-state index contributed by atoms with van der Waals surface area (Å²) in [5.41, 5.74) is 6.97. The first kappa shape index (κ1) is 10.4. The molecular formula is C11H18N4. The lowest BCUT2D eigenvalue weighted by Gasteiger charge is -2.17. The van der Waals surface area contributed by atoms with Crippen LogP contribution in [0.15, 0.2) is 12.4 Å². The van der Waals surface area contributed by atoms with Gasteiger partial charge >= 0.3 is 0 Å². The minimum atomic E-state index is 0.294. The molecule has 1 saturated heterocycles. The molecule has 2 heterocycles. The van der Waals surface area contributed by atoms with E-state index in [1.165, 1.54) is 0 Å². The molecule has 0 amide bonds. The summed E-state index contributed by atoms with van der Waals surface area (Å²) in [5.74, 6) is 1.46. The van der Waals surface area contributed by atoms with Crippen molar-refractivity contribution in [3.8, 4) is 0 Å². The van der Waals surface area contributed by atoms with Gasteiger partial charge < -0.3 is 10.6 Å². The van der Waals surface area contributed by atoms with Crippen LogP contribution < -0.4 is 10.6 Å². The fourth-order valence-corrected chi connectivity index (χ4v) is 1.85. The summed E-state index contributed by atoms with van der Waals surface area (Å²) in [4.78, 5) is 10.8. The molecule has 4 heteroatoms. The fraction of sp³-hybridized carbons (Fsp3) is 0.636. The van der Waals surface area contributed by atoms with E-state index in [2.05, 4.69) is 34.8 Å². The van der Waals surface area contributed by atoms with Crippen molar-refractivity contribution in [1.82, 2.24) is 9.97 Å². The minimum Gasteiger partial charge on any atom is -0.355 e. The summed E-state index contributed by atoms with van der Waals surface area (Å²) in [6, 6.07) is 2.37. The van der Waals surface area contributed by atoms with Crippen LogP contribution in [0.1, 0.15) is 31.9 Å². The van der Waals surface area contributed by atoms with Gasteiger partial charge in [0, 0.05) is 30.9 Å². The van der Waals surface area contributed by atoms with E-state index in [1.807, 2.05) is 0 Å². The molecule has 82 valence electrons. The van der Waals surface area contributed by atoms with Crippen molar-refractivity contribution in [2.24, 2.45) is 5.73 Å². The molecule has 0 saturated carbocycles. The van der Waals surface area contributed by atoms with Crippen molar-refractivity contribution in [3.05, 3.63) is 18.1 Å². The van der Waals surface area contributed by atoms with E-state index in [4.69, 9.17) is 5.73 Å². The Bertz CT molecular complexity index is 337. The predicted octanol–water partition coefficient (Wildman–Crippen LogP) is 1.14. The average Bonchev–Trinajstić information content (AvgIpc) is 2.65. The Morgan fingerprint density at radius 3 is 2.87 bits per heavy atom. The van der Waals surface area contributed by atoms with Gasteiger partial charge in [-0.1, -0.05) is 13.8 Å². The Morgan fingerprint density at radius 1 is 1.47 bits per heavy atom. The second-order valence-electron chi connectivity index (χ2n) is 4.45. The van der Waals surface area contributed by atoms with Crippen LogP contribution in [0.4, 0.5) is 5.82 Å². The average molecular weight is 206 g/mol. The molecule has 0 radical (unpaired) electrons. The van der Waals surface area contributed by atoms with E-state index >= 15 is 0 Å². The van der Waals surface area contributed by atoms with Crippen LogP contribution in [0.25, 0.3) is 0 Å². The third-order valence-corrected chi connectivity index (χ3v) is 2.81. The van der Waals surface area contributed by atoms with Crippen LogP contribution in [0.2, 0.25) is 0 Å². The van der Waals surface area contributed by atoms with Crippen molar-refractivity contribution in [1.29, 1.82) is 0 Å². The molecule has 1 atom stereocenters. The van der Waals surface area contributed by atoms with Gasteiger partial charge in [0.25, 0.3) is 0 Å². The Labute approximate surface area is 90.5 Å². The third kappa shape index (κ3) is 2.26. The first-order chi connectivity index (χ1) is 7.16. The summed E-state index contributed by atoms with van der Waals surface area (Å²) < 4.78 is 0. The van der Waals surface area contributed by atoms with Crippen LogP contribution in [0, 0.1) is 0 Å². The predicted molar refractivity (Wildman–Crippen MR) is 60.9 cm³/mol. The van der Waals surface area contributed by atoms with Crippen molar-refractivity contribution in [2.75, 3.05) is 18.0 Å². The first-order valence-electron chi connectivity index (χ1n) is 5.49. The van der Waals surface area contributed by atoms with Crippen LogP contribution in [-0.4, -0.2) is 29.1 Å². The highest BCUT2D eigenvalue weighted by Crippen LogP contribution is 2.20. The standard InChI is InChI=1S/C11H18N4/c1-8(2)10-5-11(14-7-13-10)15-4-3-9(12)6-15/h5,7-9H,3-4,6,12H2,1-2H3. The second-order valence-corrected chi connectivity index (χ2v) is 4.45. The van der Waals surface area contributed by atoms with Crippen LogP contribution in [-0.2, 0) is 0 Å². The smallest absolute Gasteiger partial charge is 0.132 e. The van der Waals surface area contributed by atoms with E-state index in [0.717, 1.165) is 31.0 Å².